The van der Waals surface area contributed by atoms with Gasteiger partial charge in [-0.15, -0.1) is 0 Å². The first kappa shape index (κ1) is 17.5. The van der Waals surface area contributed by atoms with E-state index in [4.69, 9.17) is 0 Å². The highest BCUT2D eigenvalue weighted by molar-refractivity contribution is 9.10. The van der Waals surface area contributed by atoms with Gasteiger partial charge < -0.3 is 4.90 Å². The number of nitrogens with zero attached hydrogens (tertiary/aromatic N) is 2. The minimum Gasteiger partial charge on any atom is -0.349 e. The van der Waals surface area contributed by atoms with Crippen LogP contribution in [0.15, 0.2) is 40.9 Å². The van der Waals surface area contributed by atoms with Gasteiger partial charge in [0.1, 0.15) is 0 Å². The maximum atomic E-state index is 13.2. The van der Waals surface area contributed by atoms with Crippen LogP contribution in [0.1, 0.15) is 24.4 Å². The van der Waals surface area contributed by atoms with Crippen molar-refractivity contribution in [2.24, 2.45) is 23.7 Å². The van der Waals surface area contributed by atoms with Gasteiger partial charge in [0.25, 0.3) is 0 Å². The Bertz CT molecular complexity index is 789. The van der Waals surface area contributed by atoms with Gasteiger partial charge in [0.05, 0.1) is 24.3 Å². The number of likely N-dealkylation sites (tertiary alicyclic amines) is 1. The molecule has 2 bridgehead atoms. The lowest BCUT2D eigenvalue weighted by atomic mass is 9.85. The topological polar surface area (TPSA) is 57.7 Å². The molecule has 5 atom stereocenters. The van der Waals surface area contributed by atoms with Crippen LogP contribution in [0.4, 0.5) is 0 Å². The van der Waals surface area contributed by atoms with Crippen molar-refractivity contribution in [2.45, 2.75) is 18.9 Å². The van der Waals surface area contributed by atoms with Crippen molar-refractivity contribution in [3.63, 3.8) is 0 Å². The van der Waals surface area contributed by atoms with Crippen molar-refractivity contribution >= 4 is 33.7 Å². The van der Waals surface area contributed by atoms with Gasteiger partial charge in [-0.2, -0.15) is 0 Å². The largest absolute Gasteiger partial charge is 0.349 e. The number of carbonyl (C=O) groups is 3. The maximum absolute atomic E-state index is 13.2. The van der Waals surface area contributed by atoms with Crippen LogP contribution in [0, 0.1) is 23.7 Å². The quantitative estimate of drug-likeness (QED) is 0.559. The second-order valence-corrected chi connectivity index (χ2v) is 8.53. The third-order valence-electron chi connectivity index (χ3n) is 5.92. The molecule has 2 fully saturated rings. The van der Waals surface area contributed by atoms with Gasteiger partial charge in [0.15, 0.2) is 0 Å². The summed E-state index contributed by atoms with van der Waals surface area (Å²) in [6.45, 7) is 0. The summed E-state index contributed by atoms with van der Waals surface area (Å²) in [4.78, 5) is 41.6. The fraction of sp³-hybridized carbons (Fsp3) is 0.450. The van der Waals surface area contributed by atoms with Gasteiger partial charge in [0.2, 0.25) is 17.7 Å². The Hall–Kier alpha value is -1.95. The molecule has 3 aliphatic rings. The number of halogens is 1. The Morgan fingerprint density at radius 3 is 2.35 bits per heavy atom. The van der Waals surface area contributed by atoms with Crippen LogP contribution < -0.4 is 0 Å². The van der Waals surface area contributed by atoms with Crippen molar-refractivity contribution in [3.8, 4) is 0 Å². The molecule has 1 saturated heterocycles. The fourth-order valence-corrected chi connectivity index (χ4v) is 5.07. The molecule has 6 heteroatoms. The highest BCUT2D eigenvalue weighted by atomic mass is 79.9. The van der Waals surface area contributed by atoms with E-state index in [1.807, 2.05) is 24.3 Å². The van der Waals surface area contributed by atoms with Crippen molar-refractivity contribution in [2.75, 3.05) is 14.1 Å². The molecule has 1 aromatic rings. The van der Waals surface area contributed by atoms with Gasteiger partial charge in [-0.1, -0.05) is 40.2 Å². The number of carbonyl (C=O) groups excluding carboxylic acids is 3. The second kappa shape index (κ2) is 6.34. The van der Waals surface area contributed by atoms with E-state index in [0.717, 1.165) is 16.5 Å². The number of allylic oxidation sites excluding steroid dienone is 2. The van der Waals surface area contributed by atoms with E-state index < -0.39 is 6.04 Å². The number of hydrogen-bond acceptors (Lipinski definition) is 3. The van der Waals surface area contributed by atoms with E-state index in [1.165, 1.54) is 9.80 Å². The molecule has 0 spiro atoms. The zero-order valence-electron chi connectivity index (χ0n) is 14.8. The molecule has 26 heavy (non-hydrogen) atoms. The molecular formula is C20H21BrN2O3. The zero-order chi connectivity index (χ0) is 18.6. The predicted molar refractivity (Wildman–Crippen MR) is 99.8 cm³/mol. The number of amides is 3. The second-order valence-electron chi connectivity index (χ2n) is 7.61. The van der Waals surface area contributed by atoms with Gasteiger partial charge in [0, 0.05) is 18.6 Å². The Kier molecular flexibility index (Phi) is 4.26. The molecule has 5 nitrogen and oxygen atoms in total. The van der Waals surface area contributed by atoms with Crippen molar-refractivity contribution in [3.05, 3.63) is 46.5 Å². The number of hydrogen-bond donors (Lipinski definition) is 0. The van der Waals surface area contributed by atoms with Crippen molar-refractivity contribution in [1.29, 1.82) is 0 Å². The van der Waals surface area contributed by atoms with Gasteiger partial charge in [-0.25, -0.2) is 0 Å². The summed E-state index contributed by atoms with van der Waals surface area (Å²) < 4.78 is 0.860. The summed E-state index contributed by atoms with van der Waals surface area (Å²) in [6.07, 6.45) is 5.17. The monoisotopic (exact) mass is 416 g/mol. The van der Waals surface area contributed by atoms with E-state index >= 15 is 0 Å². The van der Waals surface area contributed by atoms with E-state index in [9.17, 15) is 14.4 Å². The summed E-state index contributed by atoms with van der Waals surface area (Å²) in [6, 6.07) is 6.95. The van der Waals surface area contributed by atoms with Crippen LogP contribution in [-0.2, 0) is 14.4 Å². The number of rotatable bonds is 4. The third-order valence-corrected chi connectivity index (χ3v) is 6.41. The zero-order valence-corrected chi connectivity index (χ0v) is 16.3. The van der Waals surface area contributed by atoms with Gasteiger partial charge in [-0.3, -0.25) is 19.3 Å². The molecule has 1 heterocycles. The van der Waals surface area contributed by atoms with E-state index in [0.29, 0.717) is 0 Å². The van der Waals surface area contributed by atoms with Gasteiger partial charge in [-0.05, 0) is 36.0 Å². The van der Waals surface area contributed by atoms with Crippen LogP contribution in [0.2, 0.25) is 0 Å². The minimum atomic E-state index is -0.563. The first-order chi connectivity index (χ1) is 12.4. The lowest BCUT2D eigenvalue weighted by molar-refractivity contribution is -0.145. The molecule has 0 radical (unpaired) electrons. The highest BCUT2D eigenvalue weighted by Crippen LogP contribution is 2.54. The molecule has 0 N–H and O–H groups in total. The summed E-state index contributed by atoms with van der Waals surface area (Å²) in [5.41, 5.74) is 0.802. The maximum Gasteiger partial charge on any atom is 0.234 e. The lowest BCUT2D eigenvalue weighted by Crippen LogP contribution is -2.39. The molecular weight excluding hydrogens is 396 g/mol. The van der Waals surface area contributed by atoms with Crippen LogP contribution in [0.5, 0.6) is 0 Å². The molecule has 1 saturated carbocycles. The average Bonchev–Trinajstić information content (AvgIpc) is 3.27. The molecule has 2 aliphatic carbocycles. The Morgan fingerprint density at radius 1 is 1.19 bits per heavy atom. The smallest absolute Gasteiger partial charge is 0.234 e. The molecule has 1 aliphatic heterocycles. The van der Waals surface area contributed by atoms with Gasteiger partial charge >= 0.3 is 0 Å². The number of fused-ring (bicyclic) bond motifs is 5. The van der Waals surface area contributed by atoms with Crippen molar-refractivity contribution in [1.82, 2.24) is 9.80 Å². The summed E-state index contributed by atoms with van der Waals surface area (Å²) in [7, 11) is 3.37. The summed E-state index contributed by atoms with van der Waals surface area (Å²) in [5, 5.41) is 0. The number of imide groups is 1. The van der Waals surface area contributed by atoms with Crippen molar-refractivity contribution < 1.29 is 14.4 Å². The lowest BCUT2D eigenvalue weighted by Gasteiger charge is -2.29. The number of benzene rings is 1. The molecule has 0 aromatic heterocycles. The first-order valence-electron chi connectivity index (χ1n) is 8.89. The first-order valence-corrected chi connectivity index (χ1v) is 9.68. The highest BCUT2D eigenvalue weighted by Gasteiger charge is 2.60. The average molecular weight is 417 g/mol. The summed E-state index contributed by atoms with van der Waals surface area (Å²) in [5.74, 6) is -0.503. The summed E-state index contributed by atoms with van der Waals surface area (Å²) >= 11 is 3.45. The van der Waals surface area contributed by atoms with E-state index in [-0.39, 0.29) is 47.8 Å². The third kappa shape index (κ3) is 2.62. The standard InChI is InChI=1S/C20H21BrN2O3/c1-22(2)16(24)10-15(11-4-3-5-14(21)9-11)23-19(25)17-12-6-7-13(8-12)18(17)20(23)26/h3-7,9,12-13,15,17-18H,8,10H2,1-2H3. The van der Waals surface area contributed by atoms with Crippen LogP contribution in [0.3, 0.4) is 0 Å². The normalized spacial score (nSPS) is 30.0. The van der Waals surface area contributed by atoms with E-state index in [2.05, 4.69) is 28.1 Å². The van der Waals surface area contributed by atoms with E-state index in [1.54, 1.807) is 14.1 Å². The minimum absolute atomic E-state index is 0.100. The fourth-order valence-electron chi connectivity index (χ4n) is 4.65. The van der Waals surface area contributed by atoms with Crippen LogP contribution in [-0.4, -0.2) is 41.6 Å². The Morgan fingerprint density at radius 2 is 1.81 bits per heavy atom. The molecule has 1 aromatic carbocycles. The molecule has 3 amide bonds. The molecule has 5 unspecified atom stereocenters. The molecule has 136 valence electrons. The predicted octanol–water partition coefficient (Wildman–Crippen LogP) is 2.78. The van der Waals surface area contributed by atoms with Crippen LogP contribution in [0.25, 0.3) is 0 Å². The molecule has 4 rings (SSSR count). The SMILES string of the molecule is CN(C)C(=O)CC(c1cccc(Br)c1)N1C(=O)C2C3C=CC(C3)C2C1=O. The Labute approximate surface area is 161 Å². The Balaban J connectivity index is 1.71. The van der Waals surface area contributed by atoms with Crippen LogP contribution >= 0.6 is 15.9 Å².